The molecule has 1 aliphatic rings. The van der Waals surface area contributed by atoms with Crippen LogP contribution < -0.4 is 11.1 Å². The molecule has 3 rings (SSSR count). The first-order chi connectivity index (χ1) is 17.8. The summed E-state index contributed by atoms with van der Waals surface area (Å²) >= 11 is 6.79. The van der Waals surface area contributed by atoms with E-state index in [1.165, 1.54) is 5.56 Å². The van der Waals surface area contributed by atoms with Crippen molar-refractivity contribution in [3.63, 3.8) is 0 Å². The van der Waals surface area contributed by atoms with Crippen LogP contribution in [0.3, 0.4) is 0 Å². The zero-order valence-corrected chi connectivity index (χ0v) is 22.7. The smallest absolute Gasteiger partial charge is 0.404 e. The number of carbonyl (C=O) groups excluding carboxylic acids is 2. The van der Waals surface area contributed by atoms with E-state index < -0.39 is 11.7 Å². The number of likely N-dealkylation sites (tertiary alicyclic amines) is 1. The van der Waals surface area contributed by atoms with E-state index in [9.17, 15) is 14.7 Å². The number of piperidine rings is 1. The Labute approximate surface area is 225 Å². The number of rotatable bonds is 12. The van der Waals surface area contributed by atoms with Gasteiger partial charge in [0.25, 0.3) is 0 Å². The number of primary amides is 1. The van der Waals surface area contributed by atoms with Crippen LogP contribution in [-0.4, -0.2) is 55.3 Å². The molecule has 0 aliphatic carbocycles. The molecular weight excluding hydrogens is 490 g/mol. The second kappa shape index (κ2) is 13.8. The van der Waals surface area contributed by atoms with Crippen LogP contribution in [0.1, 0.15) is 56.6 Å². The average Bonchev–Trinajstić information content (AvgIpc) is 2.91. The number of aliphatic hydroxyl groups is 1. The van der Waals surface area contributed by atoms with Crippen LogP contribution in [0, 0.1) is 5.92 Å². The summed E-state index contributed by atoms with van der Waals surface area (Å²) in [7, 11) is 1.88. The van der Waals surface area contributed by atoms with Crippen molar-refractivity contribution in [2.75, 3.05) is 33.3 Å². The van der Waals surface area contributed by atoms with Crippen LogP contribution in [0.5, 0.6) is 0 Å². The maximum Gasteiger partial charge on any atom is 0.404 e. The quantitative estimate of drug-likeness (QED) is 0.340. The monoisotopic (exact) mass is 529 g/mol. The normalized spacial score (nSPS) is 17.3. The zero-order chi connectivity index (χ0) is 26.8. The molecule has 2 aromatic rings. The van der Waals surface area contributed by atoms with Crippen molar-refractivity contribution in [1.82, 2.24) is 10.2 Å². The van der Waals surface area contributed by atoms with E-state index in [0.717, 1.165) is 48.9 Å². The molecule has 0 unspecified atom stereocenters. The fourth-order valence-corrected chi connectivity index (χ4v) is 5.65. The average molecular weight is 530 g/mol. The molecule has 7 nitrogen and oxygen atoms in total. The molecule has 37 heavy (non-hydrogen) atoms. The number of ether oxygens (including phenoxy) is 1. The van der Waals surface area contributed by atoms with Crippen LogP contribution in [0.15, 0.2) is 42.5 Å². The zero-order valence-electron chi connectivity index (χ0n) is 22.0. The molecule has 0 bridgehead atoms. The van der Waals surface area contributed by atoms with Gasteiger partial charge in [-0.25, -0.2) is 4.79 Å². The number of nitrogens with one attached hydrogen (secondary N) is 1. The van der Waals surface area contributed by atoms with Crippen molar-refractivity contribution in [1.29, 1.82) is 0 Å². The van der Waals surface area contributed by atoms with Gasteiger partial charge in [0.2, 0.25) is 5.91 Å². The molecule has 0 aromatic heterocycles. The summed E-state index contributed by atoms with van der Waals surface area (Å²) in [5.74, 6) is -0.0871. The minimum atomic E-state index is -1.28. The SMILES string of the molecule is CCc1cccc(-c2c(Cl)cccc2[C@](O)(CCCOC(N)=O)[C@@H]2CCCN(C(=O)CCCNC)C2)c1. The van der Waals surface area contributed by atoms with Crippen LogP contribution in [0.2, 0.25) is 5.02 Å². The molecule has 202 valence electrons. The number of nitrogens with zero attached hydrogens (tertiary/aromatic N) is 1. The number of benzene rings is 2. The highest BCUT2D eigenvalue weighted by Crippen LogP contribution is 2.45. The lowest BCUT2D eigenvalue weighted by molar-refractivity contribution is -0.136. The molecule has 0 radical (unpaired) electrons. The molecule has 8 heteroatoms. The minimum Gasteiger partial charge on any atom is -0.450 e. The molecule has 1 fully saturated rings. The fourth-order valence-electron chi connectivity index (χ4n) is 5.37. The van der Waals surface area contributed by atoms with E-state index in [-0.39, 0.29) is 18.4 Å². The molecule has 0 saturated carbocycles. The molecule has 2 amide bonds. The molecule has 2 aromatic carbocycles. The first-order valence-corrected chi connectivity index (χ1v) is 13.6. The van der Waals surface area contributed by atoms with Crippen molar-refractivity contribution in [3.8, 4) is 11.1 Å². The summed E-state index contributed by atoms with van der Waals surface area (Å²) in [6.45, 7) is 4.16. The standard InChI is InChI=1S/C29H40ClN3O4/c1-3-21-9-4-10-22(19-21)27-24(12-5-13-25(27)30)29(36,15-8-18-37-28(31)35)23-11-7-17-33(20-23)26(34)14-6-16-32-2/h4-5,9-10,12-13,19,23,32,36H,3,6-8,11,14-18,20H2,1-2H3,(H2,31,35)/t23-,29+/m1/s1. The summed E-state index contributed by atoms with van der Waals surface area (Å²) < 4.78 is 4.97. The maximum atomic E-state index is 13.0. The van der Waals surface area contributed by atoms with Gasteiger partial charge in [-0.3, -0.25) is 4.79 Å². The Bertz CT molecular complexity index is 1060. The molecular formula is C29H40ClN3O4. The second-order valence-electron chi connectivity index (χ2n) is 9.80. The summed E-state index contributed by atoms with van der Waals surface area (Å²) in [5, 5.41) is 16.1. The highest BCUT2D eigenvalue weighted by molar-refractivity contribution is 6.33. The first-order valence-electron chi connectivity index (χ1n) is 13.3. The van der Waals surface area contributed by atoms with Gasteiger partial charge in [0.1, 0.15) is 0 Å². The van der Waals surface area contributed by atoms with Crippen molar-refractivity contribution < 1.29 is 19.4 Å². The van der Waals surface area contributed by atoms with E-state index in [1.807, 2.05) is 42.3 Å². The molecule has 1 aliphatic heterocycles. The Kier molecular flexibility index (Phi) is 10.8. The van der Waals surface area contributed by atoms with Gasteiger partial charge in [-0.05, 0) is 74.9 Å². The van der Waals surface area contributed by atoms with E-state index in [4.69, 9.17) is 22.1 Å². The Balaban J connectivity index is 1.99. The van der Waals surface area contributed by atoms with Gasteiger partial charge >= 0.3 is 6.09 Å². The highest BCUT2D eigenvalue weighted by atomic mass is 35.5. The number of carbonyl (C=O) groups is 2. The number of amides is 2. The number of hydrogen-bond acceptors (Lipinski definition) is 5. The van der Waals surface area contributed by atoms with Crippen LogP contribution in [0.25, 0.3) is 11.1 Å². The second-order valence-corrected chi connectivity index (χ2v) is 10.2. The van der Waals surface area contributed by atoms with Gasteiger partial charge in [-0.2, -0.15) is 0 Å². The van der Waals surface area contributed by atoms with Gasteiger partial charge in [0.05, 0.1) is 12.2 Å². The largest absolute Gasteiger partial charge is 0.450 e. The Hall–Kier alpha value is -2.61. The summed E-state index contributed by atoms with van der Waals surface area (Å²) in [5.41, 5.74) is 7.54. The summed E-state index contributed by atoms with van der Waals surface area (Å²) in [6.07, 6.45) is 3.65. The van der Waals surface area contributed by atoms with E-state index in [2.05, 4.69) is 24.4 Å². The van der Waals surface area contributed by atoms with E-state index in [0.29, 0.717) is 37.4 Å². The van der Waals surface area contributed by atoms with Crippen molar-refractivity contribution >= 4 is 23.6 Å². The third-order valence-electron chi connectivity index (χ3n) is 7.32. The lowest BCUT2D eigenvalue weighted by atomic mass is 9.72. The van der Waals surface area contributed by atoms with Crippen molar-refractivity contribution in [3.05, 3.63) is 58.6 Å². The van der Waals surface area contributed by atoms with Gasteiger partial charge in [0, 0.05) is 36.0 Å². The van der Waals surface area contributed by atoms with Crippen LogP contribution in [0.4, 0.5) is 4.79 Å². The predicted octanol–water partition coefficient (Wildman–Crippen LogP) is 4.87. The third kappa shape index (κ3) is 7.46. The number of aryl methyl sites for hydroxylation is 1. The fraction of sp³-hybridized carbons (Fsp3) is 0.517. The lowest BCUT2D eigenvalue weighted by Crippen LogP contribution is -2.48. The number of halogens is 1. The first kappa shape index (κ1) is 29.0. The lowest BCUT2D eigenvalue weighted by Gasteiger charge is -2.44. The van der Waals surface area contributed by atoms with Gasteiger partial charge in [-0.1, -0.05) is 54.9 Å². The minimum absolute atomic E-state index is 0.109. The Morgan fingerprint density at radius 3 is 2.76 bits per heavy atom. The highest BCUT2D eigenvalue weighted by Gasteiger charge is 2.42. The van der Waals surface area contributed by atoms with E-state index in [1.54, 1.807) is 0 Å². The van der Waals surface area contributed by atoms with Gasteiger partial charge in [0.15, 0.2) is 0 Å². The van der Waals surface area contributed by atoms with Crippen LogP contribution >= 0.6 is 11.6 Å². The van der Waals surface area contributed by atoms with Crippen molar-refractivity contribution in [2.24, 2.45) is 11.7 Å². The predicted molar refractivity (Wildman–Crippen MR) is 147 cm³/mol. The molecule has 4 N–H and O–H groups in total. The summed E-state index contributed by atoms with van der Waals surface area (Å²) in [6, 6.07) is 13.8. The molecule has 1 heterocycles. The molecule has 1 saturated heterocycles. The number of nitrogens with two attached hydrogens (primary N) is 1. The molecule has 2 atom stereocenters. The van der Waals surface area contributed by atoms with E-state index >= 15 is 0 Å². The Morgan fingerprint density at radius 2 is 2.03 bits per heavy atom. The Morgan fingerprint density at radius 1 is 1.24 bits per heavy atom. The summed E-state index contributed by atoms with van der Waals surface area (Å²) in [4.78, 5) is 26.0. The third-order valence-corrected chi connectivity index (χ3v) is 7.63. The van der Waals surface area contributed by atoms with Crippen molar-refractivity contribution in [2.45, 2.75) is 57.5 Å². The maximum absolute atomic E-state index is 13.0. The van der Waals surface area contributed by atoms with Gasteiger partial charge < -0.3 is 25.8 Å². The topological polar surface area (TPSA) is 105 Å². The number of hydrogen-bond donors (Lipinski definition) is 3. The molecule has 0 spiro atoms. The van der Waals surface area contributed by atoms with Crippen LogP contribution in [-0.2, 0) is 21.6 Å². The van der Waals surface area contributed by atoms with Gasteiger partial charge in [-0.15, -0.1) is 0 Å².